The number of carbonyl (C=O) groups excluding carboxylic acids is 1. The molecule has 2 nitrogen and oxygen atoms in total. The van der Waals surface area contributed by atoms with Gasteiger partial charge >= 0.3 is 0 Å². The Morgan fingerprint density at radius 2 is 1.53 bits per heavy atom. The molecule has 2 heteroatoms. The van der Waals surface area contributed by atoms with Gasteiger partial charge in [0.25, 0.3) is 0 Å². The molecule has 0 unspecified atom stereocenters. The van der Waals surface area contributed by atoms with Gasteiger partial charge < -0.3 is 5.73 Å². The zero-order chi connectivity index (χ0) is 12.4. The Morgan fingerprint density at radius 1 is 0.941 bits per heavy atom. The van der Waals surface area contributed by atoms with E-state index in [1.54, 1.807) is 12.1 Å². The van der Waals surface area contributed by atoms with E-state index in [0.717, 1.165) is 11.1 Å². The normalized spacial score (nSPS) is 10.2. The second kappa shape index (κ2) is 4.42. The molecular formula is C15H15NO. The van der Waals surface area contributed by atoms with Crippen LogP contribution in [0.4, 0.5) is 5.69 Å². The summed E-state index contributed by atoms with van der Waals surface area (Å²) in [4.78, 5) is 12.2. The van der Waals surface area contributed by atoms with Crippen molar-refractivity contribution in [3.8, 4) is 0 Å². The van der Waals surface area contributed by atoms with Crippen LogP contribution in [0, 0.1) is 13.8 Å². The third-order valence-electron chi connectivity index (χ3n) is 2.85. The molecule has 0 bridgehead atoms. The standard InChI is InChI=1S/C15H15NO/c1-10-3-5-12(6-4-10)15(17)13-7-8-14(16)11(2)9-13/h3-9H,16H2,1-2H3. The average molecular weight is 225 g/mol. The van der Waals surface area contributed by atoms with Gasteiger partial charge in [-0.2, -0.15) is 0 Å². The minimum absolute atomic E-state index is 0.0353. The lowest BCUT2D eigenvalue weighted by Crippen LogP contribution is -2.02. The number of hydrogen-bond donors (Lipinski definition) is 1. The minimum Gasteiger partial charge on any atom is -0.399 e. The van der Waals surface area contributed by atoms with E-state index >= 15 is 0 Å². The van der Waals surface area contributed by atoms with Crippen LogP contribution in [-0.4, -0.2) is 5.78 Å². The van der Waals surface area contributed by atoms with Crippen LogP contribution in [0.3, 0.4) is 0 Å². The summed E-state index contributed by atoms with van der Waals surface area (Å²) in [5.41, 5.74) is 9.92. The van der Waals surface area contributed by atoms with Gasteiger partial charge in [0.1, 0.15) is 0 Å². The van der Waals surface area contributed by atoms with Crippen molar-refractivity contribution >= 4 is 11.5 Å². The van der Waals surface area contributed by atoms with Gasteiger partial charge in [-0.05, 0) is 37.6 Å². The van der Waals surface area contributed by atoms with Gasteiger partial charge in [-0.15, -0.1) is 0 Å². The number of hydrogen-bond acceptors (Lipinski definition) is 2. The summed E-state index contributed by atoms with van der Waals surface area (Å²) < 4.78 is 0. The Hall–Kier alpha value is -2.09. The van der Waals surface area contributed by atoms with Crippen LogP contribution in [0.15, 0.2) is 42.5 Å². The maximum atomic E-state index is 12.2. The van der Waals surface area contributed by atoms with E-state index in [-0.39, 0.29) is 5.78 Å². The van der Waals surface area contributed by atoms with Crippen molar-refractivity contribution in [1.82, 2.24) is 0 Å². The molecule has 0 atom stereocenters. The molecule has 0 heterocycles. The predicted molar refractivity (Wildman–Crippen MR) is 70.2 cm³/mol. The fraction of sp³-hybridized carbons (Fsp3) is 0.133. The first-order valence-electron chi connectivity index (χ1n) is 5.55. The van der Waals surface area contributed by atoms with Gasteiger partial charge in [-0.3, -0.25) is 4.79 Å². The van der Waals surface area contributed by atoms with E-state index in [2.05, 4.69) is 0 Å². The van der Waals surface area contributed by atoms with E-state index in [9.17, 15) is 4.79 Å². The number of nitrogen functional groups attached to an aromatic ring is 1. The van der Waals surface area contributed by atoms with Gasteiger partial charge in [0.05, 0.1) is 0 Å². The minimum atomic E-state index is 0.0353. The van der Waals surface area contributed by atoms with Crippen molar-refractivity contribution in [2.24, 2.45) is 0 Å². The third-order valence-corrected chi connectivity index (χ3v) is 2.85. The third kappa shape index (κ3) is 2.36. The summed E-state index contributed by atoms with van der Waals surface area (Å²) >= 11 is 0. The SMILES string of the molecule is Cc1ccc(C(=O)c2ccc(N)c(C)c2)cc1. The average Bonchev–Trinajstić information content (AvgIpc) is 2.33. The highest BCUT2D eigenvalue weighted by Gasteiger charge is 2.09. The number of anilines is 1. The quantitative estimate of drug-likeness (QED) is 0.630. The molecule has 0 aromatic heterocycles. The smallest absolute Gasteiger partial charge is 0.193 e. The number of nitrogens with two attached hydrogens (primary N) is 1. The van der Waals surface area contributed by atoms with Gasteiger partial charge in [-0.1, -0.05) is 29.8 Å². The molecule has 0 radical (unpaired) electrons. The Balaban J connectivity index is 2.37. The topological polar surface area (TPSA) is 43.1 Å². The molecule has 86 valence electrons. The molecule has 0 fully saturated rings. The lowest BCUT2D eigenvalue weighted by Gasteiger charge is -2.05. The number of rotatable bonds is 2. The van der Waals surface area contributed by atoms with Crippen LogP contribution in [-0.2, 0) is 0 Å². The number of carbonyl (C=O) groups is 1. The second-order valence-corrected chi connectivity index (χ2v) is 4.27. The first-order valence-corrected chi connectivity index (χ1v) is 5.55. The van der Waals surface area contributed by atoms with E-state index in [1.165, 1.54) is 0 Å². The summed E-state index contributed by atoms with van der Waals surface area (Å²) in [5, 5.41) is 0. The van der Waals surface area contributed by atoms with E-state index < -0.39 is 0 Å². The molecule has 0 aliphatic heterocycles. The van der Waals surface area contributed by atoms with Crippen molar-refractivity contribution in [2.45, 2.75) is 13.8 Å². The molecule has 2 N–H and O–H groups in total. The highest BCUT2D eigenvalue weighted by atomic mass is 16.1. The van der Waals surface area contributed by atoms with Gasteiger partial charge in [0, 0.05) is 16.8 Å². The molecule has 0 aliphatic carbocycles. The Bertz CT molecular complexity index is 556. The molecule has 0 saturated heterocycles. The van der Waals surface area contributed by atoms with E-state index in [4.69, 9.17) is 5.73 Å². The summed E-state index contributed by atoms with van der Waals surface area (Å²) in [5.74, 6) is 0.0353. The number of aryl methyl sites for hydroxylation is 2. The molecule has 0 saturated carbocycles. The monoisotopic (exact) mass is 225 g/mol. The summed E-state index contributed by atoms with van der Waals surface area (Å²) in [7, 11) is 0. The Morgan fingerprint density at radius 3 is 2.12 bits per heavy atom. The molecule has 17 heavy (non-hydrogen) atoms. The summed E-state index contributed by atoms with van der Waals surface area (Å²) in [6, 6.07) is 13.0. The highest BCUT2D eigenvalue weighted by molar-refractivity contribution is 6.09. The van der Waals surface area contributed by atoms with Gasteiger partial charge in [-0.25, -0.2) is 0 Å². The maximum Gasteiger partial charge on any atom is 0.193 e. The van der Waals surface area contributed by atoms with Crippen LogP contribution in [0.2, 0.25) is 0 Å². The van der Waals surface area contributed by atoms with Crippen LogP contribution >= 0.6 is 0 Å². The number of benzene rings is 2. The van der Waals surface area contributed by atoms with Crippen molar-refractivity contribution in [3.05, 3.63) is 64.7 Å². The zero-order valence-electron chi connectivity index (χ0n) is 10.0. The Kier molecular flexibility index (Phi) is 2.96. The summed E-state index contributed by atoms with van der Waals surface area (Å²) in [6.45, 7) is 3.91. The van der Waals surface area contributed by atoms with Crippen molar-refractivity contribution < 1.29 is 4.79 Å². The Labute approximate surface area is 101 Å². The molecule has 0 aliphatic rings. The van der Waals surface area contributed by atoms with Crippen LogP contribution in [0.5, 0.6) is 0 Å². The van der Waals surface area contributed by atoms with Crippen LogP contribution in [0.1, 0.15) is 27.0 Å². The van der Waals surface area contributed by atoms with Gasteiger partial charge in [0.15, 0.2) is 5.78 Å². The summed E-state index contributed by atoms with van der Waals surface area (Å²) in [6.07, 6.45) is 0. The first kappa shape index (κ1) is 11.4. The lowest BCUT2D eigenvalue weighted by atomic mass is 10.0. The predicted octanol–water partition coefficient (Wildman–Crippen LogP) is 3.12. The van der Waals surface area contributed by atoms with Crippen molar-refractivity contribution in [2.75, 3.05) is 5.73 Å². The maximum absolute atomic E-state index is 12.2. The molecular weight excluding hydrogens is 210 g/mol. The number of ketones is 1. The molecule has 2 aromatic carbocycles. The molecule has 0 spiro atoms. The molecule has 2 rings (SSSR count). The highest BCUT2D eigenvalue weighted by Crippen LogP contribution is 2.16. The van der Waals surface area contributed by atoms with Gasteiger partial charge in [0.2, 0.25) is 0 Å². The van der Waals surface area contributed by atoms with E-state index in [0.29, 0.717) is 16.8 Å². The van der Waals surface area contributed by atoms with Crippen LogP contribution in [0.25, 0.3) is 0 Å². The van der Waals surface area contributed by atoms with Crippen LogP contribution < -0.4 is 5.73 Å². The largest absolute Gasteiger partial charge is 0.399 e. The zero-order valence-corrected chi connectivity index (χ0v) is 10.0. The van der Waals surface area contributed by atoms with E-state index in [1.807, 2.05) is 44.2 Å². The molecule has 2 aromatic rings. The first-order chi connectivity index (χ1) is 8.08. The van der Waals surface area contributed by atoms with Crippen molar-refractivity contribution in [1.29, 1.82) is 0 Å². The lowest BCUT2D eigenvalue weighted by molar-refractivity contribution is 0.103. The van der Waals surface area contributed by atoms with Crippen molar-refractivity contribution in [3.63, 3.8) is 0 Å². The fourth-order valence-electron chi connectivity index (χ4n) is 1.69. The fourth-order valence-corrected chi connectivity index (χ4v) is 1.69. The second-order valence-electron chi connectivity index (χ2n) is 4.27. The molecule has 0 amide bonds.